The van der Waals surface area contributed by atoms with Gasteiger partial charge in [0.25, 0.3) is 0 Å². The van der Waals surface area contributed by atoms with Gasteiger partial charge in [-0.25, -0.2) is 4.98 Å². The van der Waals surface area contributed by atoms with E-state index in [2.05, 4.69) is 38.5 Å². The molecule has 0 unspecified atom stereocenters. The largest absolute Gasteiger partial charge is 1.00 e. The fourth-order valence-electron chi connectivity index (χ4n) is 1.63. The SMILES string of the molecule is CCCNCC(=O)Nc1nc(-c2ccc(Br)cc2)cs1.[Cl-]. The predicted octanol–water partition coefficient (Wildman–Crippen LogP) is 0.515. The van der Waals surface area contributed by atoms with Crippen molar-refractivity contribution in [1.29, 1.82) is 0 Å². The smallest absolute Gasteiger partial charge is 0.240 e. The first kappa shape index (κ1) is 18.1. The van der Waals surface area contributed by atoms with Gasteiger partial charge in [-0.15, -0.1) is 11.3 Å². The fraction of sp³-hybridized carbons (Fsp3) is 0.286. The van der Waals surface area contributed by atoms with Gasteiger partial charge in [-0.2, -0.15) is 0 Å². The Labute approximate surface area is 142 Å². The van der Waals surface area contributed by atoms with Crippen LogP contribution < -0.4 is 23.0 Å². The van der Waals surface area contributed by atoms with Crippen LogP contribution in [0.3, 0.4) is 0 Å². The number of nitrogens with one attached hydrogen (secondary N) is 2. The van der Waals surface area contributed by atoms with Crippen molar-refractivity contribution in [1.82, 2.24) is 10.3 Å². The van der Waals surface area contributed by atoms with Crippen LogP contribution >= 0.6 is 27.3 Å². The van der Waals surface area contributed by atoms with Gasteiger partial charge in [-0.3, -0.25) is 4.79 Å². The highest BCUT2D eigenvalue weighted by atomic mass is 79.9. The molecule has 114 valence electrons. The molecule has 0 radical (unpaired) electrons. The summed E-state index contributed by atoms with van der Waals surface area (Å²) in [5, 5.41) is 8.43. The van der Waals surface area contributed by atoms with Crippen LogP contribution in [-0.2, 0) is 4.79 Å². The molecule has 7 heteroatoms. The lowest BCUT2D eigenvalue weighted by Gasteiger charge is -2.02. The molecule has 2 rings (SSSR count). The Balaban J connectivity index is 0.00000220. The molecule has 0 spiro atoms. The zero-order valence-corrected chi connectivity index (χ0v) is 14.7. The summed E-state index contributed by atoms with van der Waals surface area (Å²) in [7, 11) is 0. The molecule has 0 bridgehead atoms. The minimum absolute atomic E-state index is 0. The van der Waals surface area contributed by atoms with Crippen LogP contribution in [0.2, 0.25) is 0 Å². The van der Waals surface area contributed by atoms with E-state index in [4.69, 9.17) is 0 Å². The molecule has 0 fully saturated rings. The van der Waals surface area contributed by atoms with Crippen molar-refractivity contribution in [3.05, 3.63) is 34.1 Å². The zero-order valence-electron chi connectivity index (χ0n) is 11.5. The molecule has 1 aromatic carbocycles. The third kappa shape index (κ3) is 5.74. The van der Waals surface area contributed by atoms with E-state index in [1.807, 2.05) is 29.6 Å². The fourth-order valence-corrected chi connectivity index (χ4v) is 2.63. The third-order valence-corrected chi connectivity index (χ3v) is 3.89. The topological polar surface area (TPSA) is 54.0 Å². The van der Waals surface area contributed by atoms with Gasteiger partial charge in [0.1, 0.15) is 0 Å². The van der Waals surface area contributed by atoms with Crippen LogP contribution in [0.5, 0.6) is 0 Å². The average Bonchev–Trinajstić information content (AvgIpc) is 2.88. The predicted molar refractivity (Wildman–Crippen MR) is 87.0 cm³/mol. The first-order valence-electron chi connectivity index (χ1n) is 6.41. The molecule has 0 aliphatic heterocycles. The van der Waals surface area contributed by atoms with Crippen LogP contribution in [-0.4, -0.2) is 24.0 Å². The molecular formula is C14H16BrClN3OS-. The minimum atomic E-state index is -0.0600. The number of carbonyl (C=O) groups excluding carboxylic acids is 1. The summed E-state index contributed by atoms with van der Waals surface area (Å²) in [5.74, 6) is -0.0600. The second kappa shape index (κ2) is 9.15. The van der Waals surface area contributed by atoms with Gasteiger partial charge >= 0.3 is 0 Å². The molecule has 4 nitrogen and oxygen atoms in total. The number of anilines is 1. The normalized spacial score (nSPS) is 10.0. The Morgan fingerprint density at radius 1 is 1.33 bits per heavy atom. The molecule has 2 aromatic rings. The number of carbonyl (C=O) groups is 1. The summed E-state index contributed by atoms with van der Waals surface area (Å²) < 4.78 is 1.03. The third-order valence-electron chi connectivity index (χ3n) is 2.60. The monoisotopic (exact) mass is 388 g/mol. The minimum Gasteiger partial charge on any atom is -1.00 e. The van der Waals surface area contributed by atoms with Gasteiger partial charge in [-0.05, 0) is 25.1 Å². The van der Waals surface area contributed by atoms with Crippen molar-refractivity contribution in [2.75, 3.05) is 18.4 Å². The highest BCUT2D eigenvalue weighted by molar-refractivity contribution is 9.10. The van der Waals surface area contributed by atoms with Crippen LogP contribution in [0.25, 0.3) is 11.3 Å². The summed E-state index contributed by atoms with van der Waals surface area (Å²) in [4.78, 5) is 16.1. The van der Waals surface area contributed by atoms with E-state index in [1.165, 1.54) is 11.3 Å². The van der Waals surface area contributed by atoms with Gasteiger partial charge in [-0.1, -0.05) is 35.0 Å². The Morgan fingerprint density at radius 2 is 2.05 bits per heavy atom. The number of rotatable bonds is 6. The van der Waals surface area contributed by atoms with Gasteiger partial charge in [0.2, 0.25) is 5.91 Å². The lowest BCUT2D eigenvalue weighted by atomic mass is 10.2. The number of hydrogen-bond acceptors (Lipinski definition) is 4. The van der Waals surface area contributed by atoms with Gasteiger partial charge in [0, 0.05) is 15.4 Å². The van der Waals surface area contributed by atoms with Crippen LogP contribution in [0.15, 0.2) is 34.1 Å². The number of nitrogens with zero attached hydrogens (tertiary/aromatic N) is 1. The molecule has 0 atom stereocenters. The first-order valence-corrected chi connectivity index (χ1v) is 8.08. The van der Waals surface area contributed by atoms with Crippen LogP contribution in [0.4, 0.5) is 5.13 Å². The molecule has 21 heavy (non-hydrogen) atoms. The number of thiazole rings is 1. The number of hydrogen-bond donors (Lipinski definition) is 2. The Hall–Kier alpha value is -0.950. The Bertz CT molecular complexity index is 574. The summed E-state index contributed by atoms with van der Waals surface area (Å²) in [5.41, 5.74) is 1.91. The maximum Gasteiger partial charge on any atom is 0.240 e. The van der Waals surface area contributed by atoms with E-state index in [-0.39, 0.29) is 18.3 Å². The number of amides is 1. The van der Waals surface area contributed by atoms with Gasteiger partial charge in [0.15, 0.2) is 5.13 Å². The molecule has 2 N–H and O–H groups in total. The van der Waals surface area contributed by atoms with E-state index >= 15 is 0 Å². The molecule has 1 heterocycles. The van der Waals surface area contributed by atoms with Crippen molar-refractivity contribution in [2.45, 2.75) is 13.3 Å². The molecule has 0 aliphatic rings. The van der Waals surface area contributed by atoms with Gasteiger partial charge < -0.3 is 23.0 Å². The van der Waals surface area contributed by atoms with Crippen molar-refractivity contribution in [2.24, 2.45) is 0 Å². The van der Waals surface area contributed by atoms with Crippen LogP contribution in [0, 0.1) is 0 Å². The van der Waals surface area contributed by atoms with Crippen molar-refractivity contribution in [3.8, 4) is 11.3 Å². The standard InChI is InChI=1S/C14H16BrN3OS.ClH/c1-2-7-16-8-13(19)18-14-17-12(9-20-14)10-3-5-11(15)6-4-10;/h3-6,9,16H,2,7-8H2,1H3,(H,17,18,19);1H/p-1. The number of aromatic nitrogens is 1. The van der Waals surface area contributed by atoms with Crippen molar-refractivity contribution < 1.29 is 17.2 Å². The highest BCUT2D eigenvalue weighted by Gasteiger charge is 2.07. The summed E-state index contributed by atoms with van der Waals surface area (Å²) in [6.45, 7) is 3.23. The summed E-state index contributed by atoms with van der Waals surface area (Å²) >= 11 is 4.84. The maximum absolute atomic E-state index is 11.7. The average molecular weight is 390 g/mol. The van der Waals surface area contributed by atoms with E-state index in [0.29, 0.717) is 11.7 Å². The molecule has 1 amide bonds. The Morgan fingerprint density at radius 3 is 2.71 bits per heavy atom. The molecule has 0 saturated carbocycles. The lowest BCUT2D eigenvalue weighted by Crippen LogP contribution is -3.00. The molecular weight excluding hydrogens is 374 g/mol. The molecule has 0 saturated heterocycles. The second-order valence-corrected chi connectivity index (χ2v) is 6.04. The van der Waals surface area contributed by atoms with Crippen LogP contribution in [0.1, 0.15) is 13.3 Å². The quantitative estimate of drug-likeness (QED) is 0.708. The zero-order chi connectivity index (χ0) is 14.4. The lowest BCUT2D eigenvalue weighted by molar-refractivity contribution is -0.115. The van der Waals surface area contributed by atoms with Crippen molar-refractivity contribution in [3.63, 3.8) is 0 Å². The molecule has 0 aliphatic carbocycles. The number of benzene rings is 1. The molecule has 1 aromatic heterocycles. The van der Waals surface area contributed by atoms with E-state index in [9.17, 15) is 4.79 Å². The second-order valence-electron chi connectivity index (χ2n) is 4.27. The number of halogens is 2. The highest BCUT2D eigenvalue weighted by Crippen LogP contribution is 2.25. The van der Waals surface area contributed by atoms with E-state index in [1.54, 1.807) is 0 Å². The first-order chi connectivity index (χ1) is 9.69. The maximum atomic E-state index is 11.7. The summed E-state index contributed by atoms with van der Waals surface area (Å²) in [6, 6.07) is 7.93. The van der Waals surface area contributed by atoms with Crippen molar-refractivity contribution >= 4 is 38.3 Å². The Kier molecular flexibility index (Phi) is 7.88. The van der Waals surface area contributed by atoms with E-state index < -0.39 is 0 Å². The summed E-state index contributed by atoms with van der Waals surface area (Å²) in [6.07, 6.45) is 1.01. The van der Waals surface area contributed by atoms with E-state index in [0.717, 1.165) is 28.7 Å². The van der Waals surface area contributed by atoms with Gasteiger partial charge in [0.05, 0.1) is 12.2 Å².